The van der Waals surface area contributed by atoms with Crippen LogP contribution in [0, 0.1) is 7.05 Å². The standard InChI is InChI=1S/C7H5N3/c1-10-5-9-6-4-8-3-2-7(6)10/h1-5H. The van der Waals surface area contributed by atoms with Crippen LogP contribution in [0.15, 0.2) is 24.8 Å². The second kappa shape index (κ2) is 1.80. The van der Waals surface area contributed by atoms with E-state index in [4.69, 9.17) is 7.05 Å². The highest BCUT2D eigenvalue weighted by Crippen LogP contribution is 2.07. The lowest BCUT2D eigenvalue weighted by Crippen LogP contribution is -1.79. The van der Waals surface area contributed by atoms with Gasteiger partial charge in [0.05, 0.1) is 25.1 Å². The van der Waals surface area contributed by atoms with Crippen LogP contribution >= 0.6 is 0 Å². The summed E-state index contributed by atoms with van der Waals surface area (Å²) in [5.41, 5.74) is 1.72. The Labute approximate surface area is 58.3 Å². The molecule has 2 heterocycles. The summed E-state index contributed by atoms with van der Waals surface area (Å²) in [5.74, 6) is 0. The molecule has 2 radical (unpaired) electrons. The van der Waals surface area contributed by atoms with E-state index in [1.807, 2.05) is 6.07 Å². The molecule has 2 aromatic rings. The summed E-state index contributed by atoms with van der Waals surface area (Å²) in [6.45, 7) is 0. The molecule has 3 heteroatoms. The molecule has 0 aliphatic carbocycles. The van der Waals surface area contributed by atoms with E-state index in [0.717, 1.165) is 11.0 Å². The largest absolute Gasteiger partial charge is 0.323 e. The van der Waals surface area contributed by atoms with E-state index < -0.39 is 0 Å². The van der Waals surface area contributed by atoms with E-state index >= 15 is 0 Å². The number of hydrogen-bond donors (Lipinski definition) is 0. The van der Waals surface area contributed by atoms with Gasteiger partial charge in [0.1, 0.15) is 5.52 Å². The number of hydrogen-bond acceptors (Lipinski definition) is 2. The lowest BCUT2D eigenvalue weighted by Gasteiger charge is -1.88. The highest BCUT2D eigenvalue weighted by molar-refractivity contribution is 5.73. The summed E-state index contributed by atoms with van der Waals surface area (Å²) < 4.78 is 1.47. The van der Waals surface area contributed by atoms with Crippen molar-refractivity contribution < 1.29 is 0 Å². The molecule has 0 N–H and O–H groups in total. The maximum Gasteiger partial charge on any atom is 0.107 e. The maximum atomic E-state index is 5.50. The zero-order valence-electron chi connectivity index (χ0n) is 5.23. The number of nitrogens with zero attached hydrogens (tertiary/aromatic N) is 3. The number of pyridine rings is 1. The minimum atomic E-state index is 0.824. The predicted molar refractivity (Wildman–Crippen MR) is 37.2 cm³/mol. The third-order valence-electron chi connectivity index (χ3n) is 1.38. The molecule has 0 bridgehead atoms. The molecule has 0 saturated carbocycles. The predicted octanol–water partition coefficient (Wildman–Crippen LogP) is 0.948. The molecular formula is C7H5N3. The fraction of sp³-hybridized carbons (Fsp3) is 0. The molecule has 0 fully saturated rings. The average molecular weight is 131 g/mol. The molecule has 0 aliphatic heterocycles. The molecule has 0 amide bonds. The minimum Gasteiger partial charge on any atom is -0.323 e. The van der Waals surface area contributed by atoms with Crippen molar-refractivity contribution in [2.75, 3.05) is 0 Å². The van der Waals surface area contributed by atoms with Crippen molar-refractivity contribution in [3.8, 4) is 0 Å². The van der Waals surface area contributed by atoms with Gasteiger partial charge < -0.3 is 4.57 Å². The van der Waals surface area contributed by atoms with Gasteiger partial charge in [-0.15, -0.1) is 0 Å². The molecule has 3 nitrogen and oxygen atoms in total. The Bertz CT molecular complexity index is 350. The number of imidazole rings is 1. The molecule has 0 saturated heterocycles. The minimum absolute atomic E-state index is 0.824. The summed E-state index contributed by atoms with van der Waals surface area (Å²) >= 11 is 0. The Balaban J connectivity index is 2.93. The van der Waals surface area contributed by atoms with Crippen molar-refractivity contribution >= 4 is 11.0 Å². The topological polar surface area (TPSA) is 30.7 Å². The highest BCUT2D eigenvalue weighted by atomic mass is 15.0. The average Bonchev–Trinajstić information content (AvgIpc) is 2.34. The van der Waals surface area contributed by atoms with Gasteiger partial charge in [0.2, 0.25) is 0 Å². The molecule has 0 aromatic carbocycles. The first-order chi connectivity index (χ1) is 4.88. The second-order valence-corrected chi connectivity index (χ2v) is 2.02. The normalized spacial score (nSPS) is 10.5. The third kappa shape index (κ3) is 0.603. The van der Waals surface area contributed by atoms with Gasteiger partial charge in [-0.3, -0.25) is 4.98 Å². The van der Waals surface area contributed by atoms with Crippen LogP contribution < -0.4 is 0 Å². The molecule has 2 rings (SSSR count). The Morgan fingerprint density at radius 3 is 3.20 bits per heavy atom. The van der Waals surface area contributed by atoms with Gasteiger partial charge in [0.25, 0.3) is 0 Å². The zero-order valence-corrected chi connectivity index (χ0v) is 5.23. The van der Waals surface area contributed by atoms with Crippen LogP contribution in [0.4, 0.5) is 0 Å². The third-order valence-corrected chi connectivity index (χ3v) is 1.38. The SMILES string of the molecule is [CH]n1cnc2cnccc21. The summed E-state index contributed by atoms with van der Waals surface area (Å²) in [6.07, 6.45) is 4.93. The molecular weight excluding hydrogens is 126 g/mol. The molecule has 0 spiro atoms. The number of aromatic nitrogens is 3. The monoisotopic (exact) mass is 131 g/mol. The van der Waals surface area contributed by atoms with Gasteiger partial charge in [0.15, 0.2) is 0 Å². The molecule has 48 valence electrons. The summed E-state index contributed by atoms with van der Waals surface area (Å²) in [7, 11) is 5.50. The van der Waals surface area contributed by atoms with Crippen molar-refractivity contribution in [3.63, 3.8) is 0 Å². The second-order valence-electron chi connectivity index (χ2n) is 2.02. The van der Waals surface area contributed by atoms with Crippen LogP contribution in [0.2, 0.25) is 0 Å². The van der Waals surface area contributed by atoms with E-state index in [-0.39, 0.29) is 0 Å². The van der Waals surface area contributed by atoms with Crippen LogP contribution in [-0.4, -0.2) is 14.5 Å². The quantitative estimate of drug-likeness (QED) is 0.533. The number of rotatable bonds is 0. The Morgan fingerprint density at radius 2 is 2.40 bits per heavy atom. The fourth-order valence-corrected chi connectivity index (χ4v) is 0.883. The Kier molecular flexibility index (Phi) is 0.974. The van der Waals surface area contributed by atoms with Crippen LogP contribution in [0.5, 0.6) is 0 Å². The van der Waals surface area contributed by atoms with Gasteiger partial charge in [-0.05, 0) is 6.07 Å². The van der Waals surface area contributed by atoms with Crippen molar-refractivity contribution in [1.29, 1.82) is 0 Å². The molecule has 2 aromatic heterocycles. The van der Waals surface area contributed by atoms with E-state index in [0.29, 0.717) is 0 Å². The van der Waals surface area contributed by atoms with Crippen LogP contribution in [0.1, 0.15) is 0 Å². The smallest absolute Gasteiger partial charge is 0.107 e. The maximum absolute atomic E-state index is 5.50. The van der Waals surface area contributed by atoms with Crippen LogP contribution in [-0.2, 0) is 0 Å². The van der Waals surface area contributed by atoms with E-state index in [2.05, 4.69) is 9.97 Å². The molecule has 0 aliphatic rings. The van der Waals surface area contributed by atoms with Crippen molar-refractivity contribution in [2.45, 2.75) is 0 Å². The lowest BCUT2D eigenvalue weighted by atomic mass is 10.4. The molecule has 10 heavy (non-hydrogen) atoms. The first-order valence-corrected chi connectivity index (χ1v) is 2.90. The molecule has 0 unspecified atom stereocenters. The molecule has 0 atom stereocenters. The van der Waals surface area contributed by atoms with Crippen molar-refractivity contribution in [3.05, 3.63) is 31.8 Å². The van der Waals surface area contributed by atoms with Gasteiger partial charge in [-0.2, -0.15) is 0 Å². The van der Waals surface area contributed by atoms with Crippen molar-refractivity contribution in [1.82, 2.24) is 14.5 Å². The summed E-state index contributed by atoms with van der Waals surface area (Å²) in [6, 6.07) is 1.82. The highest BCUT2D eigenvalue weighted by Gasteiger charge is 1.95. The number of fused-ring (bicyclic) bond motifs is 1. The van der Waals surface area contributed by atoms with Crippen LogP contribution in [0.3, 0.4) is 0 Å². The van der Waals surface area contributed by atoms with Crippen molar-refractivity contribution in [2.24, 2.45) is 0 Å². The van der Waals surface area contributed by atoms with E-state index in [9.17, 15) is 0 Å². The van der Waals surface area contributed by atoms with Gasteiger partial charge in [0, 0.05) is 6.20 Å². The lowest BCUT2D eigenvalue weighted by molar-refractivity contribution is 1.10. The van der Waals surface area contributed by atoms with Gasteiger partial charge in [-0.1, -0.05) is 0 Å². The Morgan fingerprint density at radius 1 is 1.50 bits per heavy atom. The Hall–Kier alpha value is -1.38. The summed E-state index contributed by atoms with van der Waals surface area (Å²) in [5, 5.41) is 0. The first kappa shape index (κ1) is 5.41. The fourth-order valence-electron chi connectivity index (χ4n) is 0.883. The van der Waals surface area contributed by atoms with Gasteiger partial charge in [-0.25, -0.2) is 4.98 Å². The summed E-state index contributed by atoms with van der Waals surface area (Å²) in [4.78, 5) is 7.89. The first-order valence-electron chi connectivity index (χ1n) is 2.90. The van der Waals surface area contributed by atoms with Crippen LogP contribution in [0.25, 0.3) is 11.0 Å². The van der Waals surface area contributed by atoms with Gasteiger partial charge >= 0.3 is 0 Å². The van der Waals surface area contributed by atoms with E-state index in [1.165, 1.54) is 4.57 Å². The zero-order chi connectivity index (χ0) is 6.97. The van der Waals surface area contributed by atoms with E-state index in [1.54, 1.807) is 18.7 Å².